The van der Waals surface area contributed by atoms with Gasteiger partial charge < -0.3 is 9.47 Å². The topological polar surface area (TPSA) is 66.2 Å². The third-order valence-corrected chi connectivity index (χ3v) is 4.57. The number of rotatable bonds is 5. The van der Waals surface area contributed by atoms with Crippen LogP contribution in [0, 0.1) is 6.92 Å². The maximum Gasteiger partial charge on any atom is 0.387 e. The highest BCUT2D eigenvalue weighted by atomic mass is 19.3. The Morgan fingerprint density at radius 1 is 1.07 bits per heavy atom. The van der Waals surface area contributed by atoms with Crippen LogP contribution in [0.1, 0.15) is 16.1 Å². The van der Waals surface area contributed by atoms with Gasteiger partial charge in [0.2, 0.25) is 0 Å². The van der Waals surface area contributed by atoms with E-state index in [1.54, 1.807) is 29.8 Å². The van der Waals surface area contributed by atoms with Crippen molar-refractivity contribution in [2.75, 3.05) is 7.11 Å². The monoisotopic (exact) mass is 409 g/mol. The number of carbonyl (C=O) groups is 1. The lowest BCUT2D eigenvalue weighted by Gasteiger charge is -2.10. The number of aryl methyl sites for hydroxylation is 1. The summed E-state index contributed by atoms with van der Waals surface area (Å²) in [4.78, 5) is 17.2. The first-order valence-corrected chi connectivity index (χ1v) is 9.07. The Labute approximate surface area is 170 Å². The molecule has 0 aliphatic rings. The number of hydrogen-bond donors (Lipinski definition) is 0. The van der Waals surface area contributed by atoms with Crippen LogP contribution in [0.4, 0.5) is 8.78 Å². The van der Waals surface area contributed by atoms with Gasteiger partial charge in [0.05, 0.1) is 35.1 Å². The summed E-state index contributed by atoms with van der Waals surface area (Å²) < 4.78 is 36.3. The van der Waals surface area contributed by atoms with Gasteiger partial charge in [-0.25, -0.2) is 14.5 Å². The van der Waals surface area contributed by atoms with Gasteiger partial charge in [-0.3, -0.25) is 0 Å². The fourth-order valence-corrected chi connectivity index (χ4v) is 3.29. The number of halogens is 2. The Balaban J connectivity index is 1.97. The van der Waals surface area contributed by atoms with Gasteiger partial charge >= 0.3 is 12.6 Å². The van der Waals surface area contributed by atoms with E-state index in [1.807, 2.05) is 30.3 Å². The number of nitrogens with zero attached hydrogens (tertiary/aromatic N) is 3. The van der Waals surface area contributed by atoms with Gasteiger partial charge in [-0.05, 0) is 37.3 Å². The molecule has 0 saturated carbocycles. The van der Waals surface area contributed by atoms with E-state index >= 15 is 0 Å². The summed E-state index contributed by atoms with van der Waals surface area (Å²) in [6.07, 6.45) is 0. The molecule has 2 aromatic carbocycles. The molecule has 0 spiro atoms. The van der Waals surface area contributed by atoms with Crippen molar-refractivity contribution in [3.05, 3.63) is 71.9 Å². The number of esters is 1. The summed E-state index contributed by atoms with van der Waals surface area (Å²) in [5.74, 6) is -0.545. The number of alkyl halides is 2. The Bertz CT molecular complexity index is 1220. The van der Waals surface area contributed by atoms with E-state index in [2.05, 4.69) is 14.8 Å². The van der Waals surface area contributed by atoms with Crippen LogP contribution >= 0.6 is 0 Å². The van der Waals surface area contributed by atoms with Crippen molar-refractivity contribution in [1.29, 1.82) is 0 Å². The number of hydrogen-bond acceptors (Lipinski definition) is 5. The normalized spacial score (nSPS) is 11.1. The lowest BCUT2D eigenvalue weighted by Crippen LogP contribution is -2.05. The molecule has 0 aliphatic heterocycles. The highest BCUT2D eigenvalue weighted by Crippen LogP contribution is 2.30. The molecule has 0 fully saturated rings. The summed E-state index contributed by atoms with van der Waals surface area (Å²) in [6, 6.07) is 17.1. The molecule has 0 bridgehead atoms. The van der Waals surface area contributed by atoms with E-state index in [0.29, 0.717) is 28.0 Å². The molecule has 0 amide bonds. The molecule has 4 rings (SSSR count). The van der Waals surface area contributed by atoms with E-state index in [9.17, 15) is 13.6 Å². The maximum absolute atomic E-state index is 12.6. The zero-order valence-electron chi connectivity index (χ0n) is 16.2. The zero-order valence-corrected chi connectivity index (χ0v) is 16.2. The van der Waals surface area contributed by atoms with Crippen molar-refractivity contribution in [1.82, 2.24) is 14.8 Å². The molecule has 0 N–H and O–H groups in total. The van der Waals surface area contributed by atoms with E-state index in [-0.39, 0.29) is 11.3 Å². The molecule has 6 nitrogen and oxygen atoms in total. The van der Waals surface area contributed by atoms with Crippen molar-refractivity contribution < 1.29 is 23.0 Å². The van der Waals surface area contributed by atoms with Gasteiger partial charge in [0, 0.05) is 5.56 Å². The smallest absolute Gasteiger partial charge is 0.387 e. The molecule has 2 heterocycles. The summed E-state index contributed by atoms with van der Waals surface area (Å²) in [7, 11) is 1.29. The minimum absolute atomic E-state index is 0.00300. The Kier molecular flexibility index (Phi) is 5.14. The van der Waals surface area contributed by atoms with Gasteiger partial charge in [-0.1, -0.05) is 30.3 Å². The van der Waals surface area contributed by atoms with Gasteiger partial charge in [0.1, 0.15) is 5.75 Å². The molecule has 2 aromatic heterocycles. The van der Waals surface area contributed by atoms with Gasteiger partial charge in [0.15, 0.2) is 5.65 Å². The fraction of sp³-hybridized carbons (Fsp3) is 0.136. The van der Waals surface area contributed by atoms with E-state index in [0.717, 1.165) is 5.69 Å². The average molecular weight is 409 g/mol. The zero-order chi connectivity index (χ0) is 21.3. The number of aromatic nitrogens is 3. The van der Waals surface area contributed by atoms with E-state index in [1.165, 1.54) is 19.2 Å². The van der Waals surface area contributed by atoms with Gasteiger partial charge in [-0.15, -0.1) is 0 Å². The number of pyridine rings is 1. The highest BCUT2D eigenvalue weighted by molar-refractivity contribution is 6.05. The molecule has 152 valence electrons. The predicted molar refractivity (Wildman–Crippen MR) is 107 cm³/mol. The highest BCUT2D eigenvalue weighted by Gasteiger charge is 2.21. The second-order valence-electron chi connectivity index (χ2n) is 6.48. The molecule has 0 saturated heterocycles. The SMILES string of the molecule is COC(=O)c1cc(-c2cccc(OC(F)F)c2)nc2c1c(C)nn2-c1ccccc1. The first kappa shape index (κ1) is 19.5. The number of para-hydroxylation sites is 1. The summed E-state index contributed by atoms with van der Waals surface area (Å²) in [5.41, 5.74) is 3.04. The van der Waals surface area contributed by atoms with Crippen molar-refractivity contribution >= 4 is 17.0 Å². The second kappa shape index (κ2) is 7.90. The minimum Gasteiger partial charge on any atom is -0.465 e. The van der Waals surface area contributed by atoms with Crippen LogP contribution in [-0.2, 0) is 4.74 Å². The van der Waals surface area contributed by atoms with Crippen LogP contribution in [0.5, 0.6) is 5.75 Å². The van der Waals surface area contributed by atoms with E-state index in [4.69, 9.17) is 4.74 Å². The molecular weight excluding hydrogens is 392 g/mol. The maximum atomic E-state index is 12.6. The minimum atomic E-state index is -2.94. The van der Waals surface area contributed by atoms with Crippen LogP contribution in [-0.4, -0.2) is 34.5 Å². The molecular formula is C22H17F2N3O3. The summed E-state index contributed by atoms with van der Waals surface area (Å²) >= 11 is 0. The molecule has 8 heteroatoms. The van der Waals surface area contributed by atoms with Crippen LogP contribution < -0.4 is 4.74 Å². The van der Waals surface area contributed by atoms with Crippen LogP contribution in [0.2, 0.25) is 0 Å². The quantitative estimate of drug-likeness (QED) is 0.444. The number of methoxy groups -OCH3 is 1. The van der Waals surface area contributed by atoms with Crippen LogP contribution in [0.15, 0.2) is 60.7 Å². The van der Waals surface area contributed by atoms with Crippen molar-refractivity contribution in [2.45, 2.75) is 13.5 Å². The first-order valence-electron chi connectivity index (χ1n) is 9.07. The van der Waals surface area contributed by atoms with Crippen molar-refractivity contribution in [2.24, 2.45) is 0 Å². The third-order valence-electron chi connectivity index (χ3n) is 4.57. The van der Waals surface area contributed by atoms with Crippen LogP contribution in [0.25, 0.3) is 28.0 Å². The van der Waals surface area contributed by atoms with Gasteiger partial charge in [0.25, 0.3) is 0 Å². The largest absolute Gasteiger partial charge is 0.465 e. The number of fused-ring (bicyclic) bond motifs is 1. The van der Waals surface area contributed by atoms with E-state index < -0.39 is 12.6 Å². The first-order chi connectivity index (χ1) is 14.5. The summed E-state index contributed by atoms with van der Waals surface area (Å²) in [5, 5.41) is 5.12. The van der Waals surface area contributed by atoms with Gasteiger partial charge in [-0.2, -0.15) is 13.9 Å². The summed E-state index contributed by atoms with van der Waals surface area (Å²) in [6.45, 7) is -1.16. The molecule has 0 unspecified atom stereocenters. The second-order valence-corrected chi connectivity index (χ2v) is 6.48. The Hall–Kier alpha value is -3.81. The molecule has 0 aliphatic carbocycles. The molecule has 30 heavy (non-hydrogen) atoms. The standard InChI is InChI=1S/C22H17F2N3O3/c1-13-19-17(21(28)29-2)12-18(14-7-6-10-16(11-14)30-22(23)24)25-20(19)27(26-13)15-8-4-3-5-9-15/h3-12,22H,1-2H3. The Morgan fingerprint density at radius 3 is 2.53 bits per heavy atom. The average Bonchev–Trinajstić information content (AvgIpc) is 3.09. The molecule has 0 radical (unpaired) electrons. The number of benzene rings is 2. The van der Waals surface area contributed by atoms with Crippen LogP contribution in [0.3, 0.4) is 0 Å². The lowest BCUT2D eigenvalue weighted by atomic mass is 10.1. The number of ether oxygens (including phenoxy) is 2. The predicted octanol–water partition coefficient (Wildman–Crippen LogP) is 4.78. The fourth-order valence-electron chi connectivity index (χ4n) is 3.29. The molecule has 4 aromatic rings. The van der Waals surface area contributed by atoms with Crippen molar-refractivity contribution in [3.8, 4) is 22.7 Å². The lowest BCUT2D eigenvalue weighted by molar-refractivity contribution is -0.0498. The van der Waals surface area contributed by atoms with Crippen molar-refractivity contribution in [3.63, 3.8) is 0 Å². The third kappa shape index (κ3) is 3.59. The Morgan fingerprint density at radius 2 is 1.83 bits per heavy atom. The molecule has 0 atom stereocenters. The number of carbonyl (C=O) groups excluding carboxylic acids is 1.